The van der Waals surface area contributed by atoms with E-state index in [1.165, 1.54) is 12.1 Å². The van der Waals surface area contributed by atoms with Crippen molar-refractivity contribution in [3.63, 3.8) is 0 Å². The van der Waals surface area contributed by atoms with Crippen LogP contribution < -0.4 is 4.74 Å². The summed E-state index contributed by atoms with van der Waals surface area (Å²) in [6.45, 7) is 3.84. The van der Waals surface area contributed by atoms with Crippen molar-refractivity contribution in [2.24, 2.45) is 5.92 Å². The molecule has 0 heterocycles. The zero-order chi connectivity index (χ0) is 12.1. The fourth-order valence-corrected chi connectivity index (χ4v) is 1.60. The summed E-state index contributed by atoms with van der Waals surface area (Å²) in [6, 6.07) is 4.48. The SMILES string of the molecule is CC(C)CC(=O)COc1ccc(Br)cc1F. The quantitative estimate of drug-likeness (QED) is 0.828. The highest BCUT2D eigenvalue weighted by molar-refractivity contribution is 9.10. The minimum Gasteiger partial charge on any atom is -0.483 e. The molecule has 0 aliphatic rings. The number of benzene rings is 1. The molecule has 0 saturated carbocycles. The molecule has 0 atom stereocenters. The molecule has 0 bridgehead atoms. The third kappa shape index (κ3) is 4.31. The van der Waals surface area contributed by atoms with Gasteiger partial charge in [-0.1, -0.05) is 29.8 Å². The van der Waals surface area contributed by atoms with E-state index in [1.54, 1.807) is 6.07 Å². The molecule has 2 nitrogen and oxygen atoms in total. The van der Waals surface area contributed by atoms with Gasteiger partial charge in [0, 0.05) is 10.9 Å². The first-order chi connectivity index (χ1) is 7.49. The highest BCUT2D eigenvalue weighted by Crippen LogP contribution is 2.21. The van der Waals surface area contributed by atoms with E-state index in [4.69, 9.17) is 4.74 Å². The summed E-state index contributed by atoms with van der Waals surface area (Å²) in [5.74, 6) is -0.0739. The average molecular weight is 289 g/mol. The number of carbonyl (C=O) groups is 1. The molecule has 0 spiro atoms. The second-order valence-corrected chi connectivity index (χ2v) is 4.92. The number of Topliss-reactive ketones (excluding diaryl/α,β-unsaturated/α-hetero) is 1. The molecular formula is C12H14BrFO2. The van der Waals surface area contributed by atoms with Gasteiger partial charge in [0.2, 0.25) is 0 Å². The summed E-state index contributed by atoms with van der Waals surface area (Å²) in [5.41, 5.74) is 0. The van der Waals surface area contributed by atoms with Crippen LogP contribution in [-0.2, 0) is 4.79 Å². The maximum absolute atomic E-state index is 13.3. The Morgan fingerprint density at radius 3 is 2.75 bits per heavy atom. The van der Waals surface area contributed by atoms with E-state index < -0.39 is 5.82 Å². The number of carbonyl (C=O) groups excluding carboxylic acids is 1. The van der Waals surface area contributed by atoms with Crippen LogP contribution in [0.2, 0.25) is 0 Å². The summed E-state index contributed by atoms with van der Waals surface area (Å²) in [5, 5.41) is 0. The van der Waals surface area contributed by atoms with Crippen molar-refractivity contribution in [2.45, 2.75) is 20.3 Å². The second kappa shape index (κ2) is 5.99. The minimum atomic E-state index is -0.466. The maximum Gasteiger partial charge on any atom is 0.170 e. The lowest BCUT2D eigenvalue weighted by molar-refractivity contribution is -0.121. The number of halogens is 2. The molecule has 0 aromatic heterocycles. The second-order valence-electron chi connectivity index (χ2n) is 4.00. The van der Waals surface area contributed by atoms with E-state index in [1.807, 2.05) is 13.8 Å². The van der Waals surface area contributed by atoms with Gasteiger partial charge in [0.15, 0.2) is 17.3 Å². The van der Waals surface area contributed by atoms with Crippen LogP contribution in [0.1, 0.15) is 20.3 Å². The fraction of sp³-hybridized carbons (Fsp3) is 0.417. The highest BCUT2D eigenvalue weighted by Gasteiger charge is 2.08. The molecule has 0 fully saturated rings. The van der Waals surface area contributed by atoms with E-state index in [-0.39, 0.29) is 18.1 Å². The molecule has 1 rings (SSSR count). The van der Waals surface area contributed by atoms with Crippen LogP contribution in [0.25, 0.3) is 0 Å². The lowest BCUT2D eigenvalue weighted by Crippen LogP contribution is -2.13. The normalized spacial score (nSPS) is 10.6. The molecule has 0 radical (unpaired) electrons. The zero-order valence-corrected chi connectivity index (χ0v) is 10.9. The Hall–Kier alpha value is -0.900. The van der Waals surface area contributed by atoms with Crippen LogP contribution in [0.3, 0.4) is 0 Å². The summed E-state index contributed by atoms with van der Waals surface area (Å²) in [7, 11) is 0. The maximum atomic E-state index is 13.3. The van der Waals surface area contributed by atoms with Crippen molar-refractivity contribution in [3.8, 4) is 5.75 Å². The number of hydrogen-bond donors (Lipinski definition) is 0. The predicted molar refractivity (Wildman–Crippen MR) is 64.1 cm³/mol. The molecule has 0 N–H and O–H groups in total. The fourth-order valence-electron chi connectivity index (χ4n) is 1.26. The van der Waals surface area contributed by atoms with E-state index >= 15 is 0 Å². The van der Waals surface area contributed by atoms with Crippen LogP contribution in [0.15, 0.2) is 22.7 Å². The van der Waals surface area contributed by atoms with E-state index in [2.05, 4.69) is 15.9 Å². The van der Waals surface area contributed by atoms with Gasteiger partial charge in [-0.25, -0.2) is 4.39 Å². The van der Waals surface area contributed by atoms with Crippen molar-refractivity contribution >= 4 is 21.7 Å². The largest absolute Gasteiger partial charge is 0.483 e. The molecular weight excluding hydrogens is 275 g/mol. The van der Waals surface area contributed by atoms with Crippen LogP contribution in [-0.4, -0.2) is 12.4 Å². The molecule has 1 aromatic rings. The number of hydrogen-bond acceptors (Lipinski definition) is 2. The molecule has 0 aliphatic carbocycles. The van der Waals surface area contributed by atoms with Crippen molar-refractivity contribution < 1.29 is 13.9 Å². The minimum absolute atomic E-state index is 0.0164. The Morgan fingerprint density at radius 2 is 2.19 bits per heavy atom. The van der Waals surface area contributed by atoms with Gasteiger partial charge >= 0.3 is 0 Å². The van der Waals surface area contributed by atoms with Gasteiger partial charge in [-0.3, -0.25) is 4.79 Å². The summed E-state index contributed by atoms with van der Waals surface area (Å²) < 4.78 is 19.1. The summed E-state index contributed by atoms with van der Waals surface area (Å²) in [6.07, 6.45) is 0.456. The first-order valence-electron chi connectivity index (χ1n) is 5.08. The average Bonchev–Trinajstić information content (AvgIpc) is 2.15. The molecule has 88 valence electrons. The van der Waals surface area contributed by atoms with Gasteiger partial charge < -0.3 is 4.74 Å². The smallest absolute Gasteiger partial charge is 0.170 e. The van der Waals surface area contributed by atoms with Gasteiger partial charge in [0.05, 0.1) is 0 Å². The molecule has 0 unspecified atom stereocenters. The van der Waals surface area contributed by atoms with Crippen molar-refractivity contribution in [1.82, 2.24) is 0 Å². The molecule has 4 heteroatoms. The van der Waals surface area contributed by atoms with E-state index in [0.717, 1.165) is 0 Å². The van der Waals surface area contributed by atoms with E-state index in [0.29, 0.717) is 16.8 Å². The Morgan fingerprint density at radius 1 is 1.50 bits per heavy atom. The van der Waals surface area contributed by atoms with E-state index in [9.17, 15) is 9.18 Å². The highest BCUT2D eigenvalue weighted by atomic mass is 79.9. The van der Waals surface area contributed by atoms with Crippen molar-refractivity contribution in [2.75, 3.05) is 6.61 Å². The summed E-state index contributed by atoms with van der Waals surface area (Å²) >= 11 is 3.15. The van der Waals surface area contributed by atoms with Crippen LogP contribution in [0.4, 0.5) is 4.39 Å². The topological polar surface area (TPSA) is 26.3 Å². The van der Waals surface area contributed by atoms with Gasteiger partial charge in [-0.2, -0.15) is 0 Å². The van der Waals surface area contributed by atoms with Crippen LogP contribution >= 0.6 is 15.9 Å². The first kappa shape index (κ1) is 13.2. The summed E-state index contributed by atoms with van der Waals surface area (Å²) in [4.78, 5) is 11.3. The van der Waals surface area contributed by atoms with Gasteiger partial charge in [-0.15, -0.1) is 0 Å². The zero-order valence-electron chi connectivity index (χ0n) is 9.30. The first-order valence-corrected chi connectivity index (χ1v) is 5.88. The number of rotatable bonds is 5. The van der Waals surface area contributed by atoms with Crippen molar-refractivity contribution in [3.05, 3.63) is 28.5 Å². The molecule has 16 heavy (non-hydrogen) atoms. The standard InChI is InChI=1S/C12H14BrFO2/c1-8(2)5-10(15)7-16-12-4-3-9(13)6-11(12)14/h3-4,6,8H,5,7H2,1-2H3. The van der Waals surface area contributed by atoms with Gasteiger partial charge in [0.1, 0.15) is 6.61 Å². The van der Waals surface area contributed by atoms with Gasteiger partial charge in [-0.05, 0) is 24.1 Å². The van der Waals surface area contributed by atoms with Crippen LogP contribution in [0, 0.1) is 11.7 Å². The Balaban J connectivity index is 2.51. The Bertz CT molecular complexity index is 377. The molecule has 0 saturated heterocycles. The third-order valence-corrected chi connectivity index (χ3v) is 2.41. The predicted octanol–water partition coefficient (Wildman–Crippen LogP) is 3.58. The Kier molecular flexibility index (Phi) is 4.93. The Labute approximate surface area is 103 Å². The van der Waals surface area contributed by atoms with Gasteiger partial charge in [0.25, 0.3) is 0 Å². The molecule has 1 aromatic carbocycles. The molecule has 0 aliphatic heterocycles. The lowest BCUT2D eigenvalue weighted by atomic mass is 10.1. The number of ether oxygens (including phenoxy) is 1. The molecule has 0 amide bonds. The lowest BCUT2D eigenvalue weighted by Gasteiger charge is -2.07. The van der Waals surface area contributed by atoms with Crippen molar-refractivity contribution in [1.29, 1.82) is 0 Å². The third-order valence-electron chi connectivity index (χ3n) is 1.92. The van der Waals surface area contributed by atoms with Crippen LogP contribution in [0.5, 0.6) is 5.75 Å². The monoisotopic (exact) mass is 288 g/mol. The number of ketones is 1.